The smallest absolute Gasteiger partial charge is 0.335 e. The topological polar surface area (TPSA) is 126 Å². The molecule has 0 amide bonds. The van der Waals surface area contributed by atoms with Crippen LogP contribution in [-0.2, 0) is 6.54 Å². The minimum Gasteiger partial charge on any atom is -0.493 e. The zero-order chi connectivity index (χ0) is 15.1. The Labute approximate surface area is 119 Å². The summed E-state index contributed by atoms with van der Waals surface area (Å²) in [6.45, 7) is 0.494. The van der Waals surface area contributed by atoms with E-state index in [1.807, 2.05) is 0 Å². The molecule has 0 aliphatic heterocycles. The molecule has 0 spiro atoms. The Bertz CT molecular complexity index is 634. The molecule has 9 nitrogen and oxygen atoms in total. The minimum absolute atomic E-state index is 0.149. The van der Waals surface area contributed by atoms with Gasteiger partial charge in [0, 0.05) is 4.91 Å². The number of carboxylic acids is 1. The molecule has 2 aromatic rings. The predicted octanol–water partition coefficient (Wildman–Crippen LogP) is 1.73. The van der Waals surface area contributed by atoms with Crippen molar-refractivity contribution in [3.63, 3.8) is 0 Å². The number of ether oxygens (including phenoxy) is 1. The number of hydrogen-bond donors (Lipinski definition) is 1. The van der Waals surface area contributed by atoms with Crippen LogP contribution in [0.25, 0.3) is 10.4 Å². The molecule has 1 atom stereocenters. The third kappa shape index (κ3) is 4.22. The van der Waals surface area contributed by atoms with Crippen LogP contribution in [0.1, 0.15) is 10.4 Å². The number of aromatic nitrogens is 3. The van der Waals surface area contributed by atoms with E-state index < -0.39 is 12.0 Å². The van der Waals surface area contributed by atoms with Crippen molar-refractivity contribution in [1.29, 1.82) is 0 Å². The van der Waals surface area contributed by atoms with Gasteiger partial charge >= 0.3 is 5.97 Å². The van der Waals surface area contributed by atoms with Gasteiger partial charge in [-0.25, -0.2) is 9.78 Å². The van der Waals surface area contributed by atoms with Crippen LogP contribution in [0.15, 0.2) is 42.0 Å². The van der Waals surface area contributed by atoms with Gasteiger partial charge in [-0.1, -0.05) is 5.11 Å². The van der Waals surface area contributed by atoms with Gasteiger partial charge < -0.3 is 9.84 Å². The van der Waals surface area contributed by atoms with Crippen molar-refractivity contribution >= 4 is 5.97 Å². The highest BCUT2D eigenvalue weighted by atomic mass is 16.5. The van der Waals surface area contributed by atoms with Crippen LogP contribution in [0, 0.1) is 0 Å². The molecule has 2 rings (SSSR count). The molecule has 1 heterocycles. The molecule has 0 saturated carbocycles. The van der Waals surface area contributed by atoms with Crippen LogP contribution in [0.3, 0.4) is 0 Å². The molecule has 0 aliphatic carbocycles. The quantitative estimate of drug-likeness (QED) is 0.471. The molecule has 0 bridgehead atoms. The summed E-state index contributed by atoms with van der Waals surface area (Å²) in [7, 11) is 0. The lowest BCUT2D eigenvalue weighted by Gasteiger charge is -2.12. The molecule has 1 aromatic carbocycles. The second-order valence-electron chi connectivity index (χ2n) is 4.12. The first-order chi connectivity index (χ1) is 10.2. The summed E-state index contributed by atoms with van der Waals surface area (Å²) in [6.07, 6.45) is 2.90. The minimum atomic E-state index is -1.00. The molecule has 0 radical (unpaired) electrons. The second kappa shape index (κ2) is 6.92. The van der Waals surface area contributed by atoms with Gasteiger partial charge in [0.05, 0.1) is 24.8 Å². The van der Waals surface area contributed by atoms with E-state index in [0.29, 0.717) is 12.3 Å². The average molecular weight is 288 g/mol. The van der Waals surface area contributed by atoms with E-state index >= 15 is 0 Å². The lowest BCUT2D eigenvalue weighted by Crippen LogP contribution is -2.22. The van der Waals surface area contributed by atoms with Crippen molar-refractivity contribution in [3.8, 4) is 5.75 Å². The van der Waals surface area contributed by atoms with E-state index in [1.54, 1.807) is 12.1 Å². The lowest BCUT2D eigenvalue weighted by atomic mass is 10.2. The lowest BCUT2D eigenvalue weighted by molar-refractivity contribution is 0.0697. The van der Waals surface area contributed by atoms with Gasteiger partial charge in [0.15, 0.2) is 0 Å². The van der Waals surface area contributed by atoms with E-state index in [9.17, 15) is 4.79 Å². The fourth-order valence-electron chi connectivity index (χ4n) is 1.62. The number of aromatic carboxylic acids is 1. The van der Waals surface area contributed by atoms with E-state index in [4.69, 9.17) is 15.4 Å². The molecule has 9 heteroatoms. The van der Waals surface area contributed by atoms with E-state index in [0.717, 1.165) is 0 Å². The van der Waals surface area contributed by atoms with E-state index in [2.05, 4.69) is 20.1 Å². The van der Waals surface area contributed by atoms with Crippen molar-refractivity contribution in [2.75, 3.05) is 6.61 Å². The highest BCUT2D eigenvalue weighted by Crippen LogP contribution is 2.13. The van der Waals surface area contributed by atoms with Gasteiger partial charge in [0.2, 0.25) is 0 Å². The zero-order valence-corrected chi connectivity index (χ0v) is 10.9. The van der Waals surface area contributed by atoms with Crippen LogP contribution in [0.2, 0.25) is 0 Å². The fraction of sp³-hybridized carbons (Fsp3) is 0.250. The molecule has 21 heavy (non-hydrogen) atoms. The van der Waals surface area contributed by atoms with Crippen molar-refractivity contribution < 1.29 is 14.6 Å². The Hall–Kier alpha value is -3.06. The summed E-state index contributed by atoms with van der Waals surface area (Å²) in [5.74, 6) is -0.503. The summed E-state index contributed by atoms with van der Waals surface area (Å²) in [6, 6.07) is 5.53. The largest absolute Gasteiger partial charge is 0.493 e. The molecule has 1 aromatic heterocycles. The van der Waals surface area contributed by atoms with Gasteiger partial charge in [-0.05, 0) is 29.8 Å². The first kappa shape index (κ1) is 14.4. The third-order valence-electron chi connectivity index (χ3n) is 2.62. The van der Waals surface area contributed by atoms with Crippen LogP contribution in [0.4, 0.5) is 0 Å². The maximum atomic E-state index is 10.7. The average Bonchev–Trinajstić information content (AvgIpc) is 2.98. The summed E-state index contributed by atoms with van der Waals surface area (Å²) < 4.78 is 7.02. The van der Waals surface area contributed by atoms with Gasteiger partial charge in [-0.15, -0.1) is 0 Å². The molecular formula is C12H12N6O3. The standard InChI is InChI=1S/C12H12N6O3/c13-17-16-10(5-18-8-14-7-15-18)6-21-11-3-1-9(2-4-11)12(19)20/h1-4,7-8,10H,5-6H2,(H,19,20). The Kier molecular flexibility index (Phi) is 4.73. The molecule has 108 valence electrons. The van der Waals surface area contributed by atoms with E-state index in [1.165, 1.54) is 29.5 Å². The Morgan fingerprint density at radius 3 is 2.81 bits per heavy atom. The number of benzene rings is 1. The van der Waals surface area contributed by atoms with Gasteiger partial charge in [-0.2, -0.15) is 5.10 Å². The third-order valence-corrected chi connectivity index (χ3v) is 2.62. The number of carboxylic acid groups (broad SMARTS) is 1. The van der Waals surface area contributed by atoms with Crippen molar-refractivity contribution in [3.05, 3.63) is 52.9 Å². The Balaban J connectivity index is 1.95. The maximum Gasteiger partial charge on any atom is 0.335 e. The summed E-state index contributed by atoms with van der Waals surface area (Å²) in [5.41, 5.74) is 8.73. The normalized spacial score (nSPS) is 11.4. The Morgan fingerprint density at radius 2 is 2.24 bits per heavy atom. The highest BCUT2D eigenvalue weighted by molar-refractivity contribution is 5.87. The number of hydrogen-bond acceptors (Lipinski definition) is 5. The van der Waals surface area contributed by atoms with Crippen LogP contribution in [0.5, 0.6) is 5.75 Å². The second-order valence-corrected chi connectivity index (χ2v) is 4.12. The highest BCUT2D eigenvalue weighted by Gasteiger charge is 2.10. The number of rotatable bonds is 7. The van der Waals surface area contributed by atoms with Gasteiger partial charge in [0.1, 0.15) is 18.4 Å². The van der Waals surface area contributed by atoms with Gasteiger partial charge in [-0.3, -0.25) is 4.68 Å². The number of carbonyl (C=O) groups is 1. The first-order valence-corrected chi connectivity index (χ1v) is 6.02. The zero-order valence-electron chi connectivity index (χ0n) is 10.9. The van der Waals surface area contributed by atoms with Crippen molar-refractivity contribution in [2.45, 2.75) is 12.6 Å². The SMILES string of the molecule is [N-]=[N+]=NC(COc1ccc(C(=O)O)cc1)Cn1cncn1. The summed E-state index contributed by atoms with van der Waals surface area (Å²) in [5, 5.41) is 16.4. The van der Waals surface area contributed by atoms with Gasteiger partial charge in [0.25, 0.3) is 0 Å². The maximum absolute atomic E-state index is 10.7. The monoisotopic (exact) mass is 288 g/mol. The fourth-order valence-corrected chi connectivity index (χ4v) is 1.62. The molecule has 0 saturated heterocycles. The molecule has 1 unspecified atom stereocenters. The van der Waals surface area contributed by atoms with Crippen molar-refractivity contribution in [2.24, 2.45) is 5.11 Å². The van der Waals surface area contributed by atoms with Crippen LogP contribution in [-0.4, -0.2) is 38.5 Å². The molecule has 0 aliphatic rings. The summed E-state index contributed by atoms with van der Waals surface area (Å²) in [4.78, 5) is 17.3. The molecule has 1 N–H and O–H groups in total. The number of azide groups is 1. The summed E-state index contributed by atoms with van der Waals surface area (Å²) >= 11 is 0. The first-order valence-electron chi connectivity index (χ1n) is 6.02. The van der Waals surface area contributed by atoms with Crippen molar-refractivity contribution in [1.82, 2.24) is 14.8 Å². The molecular weight excluding hydrogens is 276 g/mol. The van der Waals surface area contributed by atoms with E-state index in [-0.39, 0.29) is 12.2 Å². The van der Waals surface area contributed by atoms with Crippen LogP contribution >= 0.6 is 0 Å². The van der Waals surface area contributed by atoms with Crippen LogP contribution < -0.4 is 4.74 Å². The predicted molar refractivity (Wildman–Crippen MR) is 71.9 cm³/mol. The molecule has 0 fully saturated rings. The number of nitrogens with zero attached hydrogens (tertiary/aromatic N) is 6. The Morgan fingerprint density at radius 1 is 1.48 bits per heavy atom.